The molecule has 1 atom stereocenters. The number of methoxy groups -OCH3 is 1. The van der Waals surface area contributed by atoms with Crippen LogP contribution in [-0.4, -0.2) is 23.6 Å². The Balaban J connectivity index is 2.33. The molecule has 102 valence electrons. The van der Waals surface area contributed by atoms with E-state index in [0.717, 1.165) is 24.9 Å². The van der Waals surface area contributed by atoms with Gasteiger partial charge in [0.1, 0.15) is 5.75 Å². The first-order chi connectivity index (χ1) is 9.15. The molecule has 1 heterocycles. The summed E-state index contributed by atoms with van der Waals surface area (Å²) in [6.45, 7) is 1.95. The molecule has 0 amide bonds. The van der Waals surface area contributed by atoms with Crippen molar-refractivity contribution in [3.63, 3.8) is 0 Å². The van der Waals surface area contributed by atoms with Gasteiger partial charge in [0, 0.05) is 16.5 Å². The quantitative estimate of drug-likeness (QED) is 0.853. The predicted molar refractivity (Wildman–Crippen MR) is 81.4 cm³/mol. The Morgan fingerprint density at radius 2 is 2.05 bits per heavy atom. The molecule has 1 unspecified atom stereocenters. The molecule has 0 radical (unpaired) electrons. The van der Waals surface area contributed by atoms with E-state index in [1.54, 1.807) is 42.0 Å². The average molecular weight is 313 g/mol. The van der Waals surface area contributed by atoms with Crippen molar-refractivity contribution in [1.82, 2.24) is 10.2 Å². The standard InChI is InChI=1S/C12H15N3OS3/c1-7(13)10-8(16-2)5-4-6-9(10)18-12-15-14-11(17-3)19-12/h4-7H,13H2,1-3H3. The maximum atomic E-state index is 6.05. The lowest BCUT2D eigenvalue weighted by atomic mass is 10.1. The van der Waals surface area contributed by atoms with Crippen LogP contribution < -0.4 is 10.5 Å². The number of thioether (sulfide) groups is 1. The van der Waals surface area contributed by atoms with Gasteiger partial charge < -0.3 is 10.5 Å². The van der Waals surface area contributed by atoms with Crippen molar-refractivity contribution in [1.29, 1.82) is 0 Å². The summed E-state index contributed by atoms with van der Waals surface area (Å²) in [5, 5.41) is 8.26. The lowest BCUT2D eigenvalue weighted by Gasteiger charge is -2.15. The second kappa shape index (κ2) is 6.60. The smallest absolute Gasteiger partial charge is 0.179 e. The van der Waals surface area contributed by atoms with E-state index in [-0.39, 0.29) is 6.04 Å². The van der Waals surface area contributed by atoms with Gasteiger partial charge in [0.25, 0.3) is 0 Å². The fourth-order valence-corrected chi connectivity index (χ4v) is 4.30. The van der Waals surface area contributed by atoms with E-state index < -0.39 is 0 Å². The first-order valence-corrected chi connectivity index (χ1v) is 8.49. The summed E-state index contributed by atoms with van der Waals surface area (Å²) in [5.74, 6) is 0.814. The average Bonchev–Trinajstić information content (AvgIpc) is 2.85. The molecule has 1 aromatic carbocycles. The van der Waals surface area contributed by atoms with E-state index in [2.05, 4.69) is 10.2 Å². The summed E-state index contributed by atoms with van der Waals surface area (Å²) in [4.78, 5) is 1.07. The lowest BCUT2D eigenvalue weighted by molar-refractivity contribution is 0.405. The topological polar surface area (TPSA) is 61.0 Å². The van der Waals surface area contributed by atoms with Crippen LogP contribution >= 0.6 is 34.9 Å². The molecule has 1 aromatic heterocycles. The maximum Gasteiger partial charge on any atom is 0.179 e. The van der Waals surface area contributed by atoms with Crippen LogP contribution in [0.5, 0.6) is 5.75 Å². The van der Waals surface area contributed by atoms with Crippen LogP contribution in [0.4, 0.5) is 0 Å². The van der Waals surface area contributed by atoms with Crippen molar-refractivity contribution >= 4 is 34.9 Å². The molecule has 0 fully saturated rings. The van der Waals surface area contributed by atoms with Crippen LogP contribution in [-0.2, 0) is 0 Å². The summed E-state index contributed by atoms with van der Waals surface area (Å²) in [7, 11) is 1.66. The van der Waals surface area contributed by atoms with Crippen molar-refractivity contribution in [2.75, 3.05) is 13.4 Å². The van der Waals surface area contributed by atoms with E-state index in [0.29, 0.717) is 0 Å². The van der Waals surface area contributed by atoms with Crippen molar-refractivity contribution in [3.05, 3.63) is 23.8 Å². The zero-order valence-corrected chi connectivity index (χ0v) is 13.4. The van der Waals surface area contributed by atoms with Crippen molar-refractivity contribution in [2.24, 2.45) is 5.73 Å². The molecule has 0 spiro atoms. The van der Waals surface area contributed by atoms with Gasteiger partial charge in [0.05, 0.1) is 7.11 Å². The summed E-state index contributed by atoms with van der Waals surface area (Å²) in [5.41, 5.74) is 7.06. The fourth-order valence-electron chi connectivity index (χ4n) is 1.65. The Bertz CT molecular complexity index is 557. The number of hydrogen-bond acceptors (Lipinski definition) is 7. The Hall–Kier alpha value is -0.760. The van der Waals surface area contributed by atoms with Gasteiger partial charge in [-0.1, -0.05) is 40.9 Å². The molecular formula is C12H15N3OS3. The van der Waals surface area contributed by atoms with Gasteiger partial charge in [-0.15, -0.1) is 10.2 Å². The molecule has 0 aliphatic rings. The van der Waals surface area contributed by atoms with Gasteiger partial charge >= 0.3 is 0 Å². The minimum Gasteiger partial charge on any atom is -0.496 e. The largest absolute Gasteiger partial charge is 0.496 e. The Labute approximate surface area is 125 Å². The number of ether oxygens (including phenoxy) is 1. The molecule has 4 nitrogen and oxygen atoms in total. The molecule has 0 aliphatic heterocycles. The van der Waals surface area contributed by atoms with Crippen LogP contribution in [0.25, 0.3) is 0 Å². The van der Waals surface area contributed by atoms with Crippen LogP contribution in [0.1, 0.15) is 18.5 Å². The van der Waals surface area contributed by atoms with Crippen LogP contribution in [0.3, 0.4) is 0 Å². The molecule has 2 aromatic rings. The van der Waals surface area contributed by atoms with Crippen LogP contribution in [0.2, 0.25) is 0 Å². The number of hydrogen-bond donors (Lipinski definition) is 1. The second-order valence-corrected chi connectivity index (χ2v) is 7.12. The zero-order chi connectivity index (χ0) is 13.8. The number of benzene rings is 1. The first kappa shape index (κ1) is 14.6. The third-order valence-electron chi connectivity index (χ3n) is 2.46. The zero-order valence-electron chi connectivity index (χ0n) is 10.9. The van der Waals surface area contributed by atoms with Crippen molar-refractivity contribution in [3.8, 4) is 5.75 Å². The van der Waals surface area contributed by atoms with Gasteiger partial charge in [-0.05, 0) is 25.3 Å². The predicted octanol–water partition coefficient (Wildman–Crippen LogP) is 3.44. The Kier molecular flexibility index (Phi) is 5.09. The molecule has 19 heavy (non-hydrogen) atoms. The lowest BCUT2D eigenvalue weighted by Crippen LogP contribution is -2.08. The third-order valence-corrected chi connectivity index (χ3v) is 5.49. The number of rotatable bonds is 5. The molecule has 7 heteroatoms. The van der Waals surface area contributed by atoms with Gasteiger partial charge in [-0.2, -0.15) is 0 Å². The van der Waals surface area contributed by atoms with E-state index in [1.807, 2.05) is 31.4 Å². The Morgan fingerprint density at radius 1 is 1.32 bits per heavy atom. The fraction of sp³-hybridized carbons (Fsp3) is 0.333. The summed E-state index contributed by atoms with van der Waals surface area (Å²) in [6.07, 6.45) is 1.99. The molecular weight excluding hydrogens is 298 g/mol. The minimum absolute atomic E-state index is 0.0911. The minimum atomic E-state index is -0.0911. The molecule has 0 aliphatic carbocycles. The molecule has 0 saturated heterocycles. The van der Waals surface area contributed by atoms with Crippen molar-refractivity contribution < 1.29 is 4.74 Å². The molecule has 0 saturated carbocycles. The Morgan fingerprint density at radius 3 is 2.63 bits per heavy atom. The second-order valence-electron chi connectivity index (χ2n) is 3.80. The van der Waals surface area contributed by atoms with Gasteiger partial charge in [-0.25, -0.2) is 0 Å². The molecule has 2 N–H and O–H groups in total. The van der Waals surface area contributed by atoms with Crippen LogP contribution in [0.15, 0.2) is 31.8 Å². The summed E-state index contributed by atoms with van der Waals surface area (Å²) in [6, 6.07) is 5.83. The number of aromatic nitrogens is 2. The number of nitrogens with zero attached hydrogens (tertiary/aromatic N) is 2. The monoisotopic (exact) mass is 313 g/mol. The normalized spacial score (nSPS) is 12.4. The first-order valence-electron chi connectivity index (χ1n) is 5.63. The highest BCUT2D eigenvalue weighted by Crippen LogP contribution is 2.39. The molecule has 2 rings (SSSR count). The van der Waals surface area contributed by atoms with E-state index in [1.165, 1.54) is 0 Å². The van der Waals surface area contributed by atoms with E-state index in [4.69, 9.17) is 10.5 Å². The highest BCUT2D eigenvalue weighted by atomic mass is 32.2. The SMILES string of the molecule is COc1cccc(Sc2nnc(SC)s2)c1C(C)N. The van der Waals surface area contributed by atoms with E-state index >= 15 is 0 Å². The maximum absolute atomic E-state index is 6.05. The number of nitrogens with two attached hydrogens (primary N) is 1. The van der Waals surface area contributed by atoms with Crippen LogP contribution in [0, 0.1) is 0 Å². The summed E-state index contributed by atoms with van der Waals surface area (Å²) < 4.78 is 7.26. The highest BCUT2D eigenvalue weighted by Gasteiger charge is 2.15. The van der Waals surface area contributed by atoms with Gasteiger partial charge in [0.2, 0.25) is 0 Å². The third kappa shape index (κ3) is 3.42. The van der Waals surface area contributed by atoms with Gasteiger partial charge in [-0.3, -0.25) is 0 Å². The van der Waals surface area contributed by atoms with E-state index in [9.17, 15) is 0 Å². The highest BCUT2D eigenvalue weighted by molar-refractivity contribution is 8.03. The summed E-state index contributed by atoms with van der Waals surface area (Å²) >= 11 is 4.76. The van der Waals surface area contributed by atoms with Gasteiger partial charge in [0.15, 0.2) is 8.68 Å². The molecule has 0 bridgehead atoms. The van der Waals surface area contributed by atoms with Crippen molar-refractivity contribution in [2.45, 2.75) is 26.5 Å².